The number of hydrogen-bond donors (Lipinski definition) is 3. The smallest absolute Gasteiger partial charge is 0.172 e. The number of rotatable bonds is 5. The summed E-state index contributed by atoms with van der Waals surface area (Å²) >= 11 is 0. The van der Waals surface area contributed by atoms with Gasteiger partial charge in [0, 0.05) is 31.5 Å². The molecule has 94 valence electrons. The number of anilines is 1. The molecule has 0 aliphatic rings. The first-order valence-corrected chi connectivity index (χ1v) is 5.19. The van der Waals surface area contributed by atoms with Crippen LogP contribution in [0, 0.1) is 5.82 Å². The molecular weight excluding hydrogens is 225 g/mol. The van der Waals surface area contributed by atoms with Crippen molar-refractivity contribution in [3.63, 3.8) is 0 Å². The van der Waals surface area contributed by atoms with Crippen molar-refractivity contribution >= 4 is 11.5 Å². The molecule has 0 heterocycles. The first-order chi connectivity index (χ1) is 8.10. The van der Waals surface area contributed by atoms with E-state index in [1.165, 1.54) is 12.1 Å². The second-order valence-corrected chi connectivity index (χ2v) is 3.65. The summed E-state index contributed by atoms with van der Waals surface area (Å²) in [6.45, 7) is 0.665. The first kappa shape index (κ1) is 13.2. The highest BCUT2D eigenvalue weighted by Gasteiger charge is 2.12. The van der Waals surface area contributed by atoms with Crippen molar-refractivity contribution in [3.05, 3.63) is 29.6 Å². The standard InChI is InChI=1S/C11H16FN3O2/c1-15(5-2-6-16)10-4-3-8(12)7-9(10)11(13)14-17/h3-4,7,16-17H,2,5-6H2,1H3,(H2,13,14). The van der Waals surface area contributed by atoms with E-state index < -0.39 is 5.82 Å². The minimum Gasteiger partial charge on any atom is -0.409 e. The monoisotopic (exact) mass is 241 g/mol. The Morgan fingerprint density at radius 2 is 2.24 bits per heavy atom. The number of benzene rings is 1. The van der Waals surface area contributed by atoms with Gasteiger partial charge in [-0.1, -0.05) is 5.16 Å². The molecule has 0 aliphatic heterocycles. The molecule has 6 heteroatoms. The highest BCUT2D eigenvalue weighted by atomic mass is 19.1. The van der Waals surface area contributed by atoms with Gasteiger partial charge in [-0.3, -0.25) is 0 Å². The Hall–Kier alpha value is -1.82. The van der Waals surface area contributed by atoms with Gasteiger partial charge in [0.15, 0.2) is 5.84 Å². The molecule has 1 aromatic rings. The van der Waals surface area contributed by atoms with Crippen molar-refractivity contribution in [2.75, 3.05) is 25.1 Å². The third-order valence-electron chi connectivity index (χ3n) is 2.41. The fraction of sp³-hybridized carbons (Fsp3) is 0.364. The molecule has 0 radical (unpaired) electrons. The third-order valence-corrected chi connectivity index (χ3v) is 2.41. The van der Waals surface area contributed by atoms with E-state index in [4.69, 9.17) is 16.0 Å². The van der Waals surface area contributed by atoms with Gasteiger partial charge in [-0.2, -0.15) is 0 Å². The van der Waals surface area contributed by atoms with Gasteiger partial charge in [-0.05, 0) is 24.6 Å². The number of aliphatic hydroxyl groups is 1. The van der Waals surface area contributed by atoms with Gasteiger partial charge in [0.05, 0.1) is 0 Å². The van der Waals surface area contributed by atoms with Crippen LogP contribution in [0.2, 0.25) is 0 Å². The summed E-state index contributed by atoms with van der Waals surface area (Å²) in [4.78, 5) is 1.81. The Kier molecular flexibility index (Phi) is 4.71. The highest BCUT2D eigenvalue weighted by Crippen LogP contribution is 2.20. The number of oxime groups is 1. The summed E-state index contributed by atoms with van der Waals surface area (Å²) in [6, 6.07) is 4.07. The highest BCUT2D eigenvalue weighted by molar-refractivity contribution is 6.02. The lowest BCUT2D eigenvalue weighted by atomic mass is 10.1. The van der Waals surface area contributed by atoms with Crippen LogP contribution in [0.5, 0.6) is 0 Å². The topological polar surface area (TPSA) is 82.1 Å². The van der Waals surface area contributed by atoms with Crippen LogP contribution in [0.1, 0.15) is 12.0 Å². The van der Waals surface area contributed by atoms with Crippen molar-refractivity contribution in [2.24, 2.45) is 10.9 Å². The Balaban J connectivity index is 3.05. The van der Waals surface area contributed by atoms with Gasteiger partial charge < -0.3 is 20.9 Å². The number of hydrogen-bond acceptors (Lipinski definition) is 4. The first-order valence-electron chi connectivity index (χ1n) is 5.19. The van der Waals surface area contributed by atoms with Crippen LogP contribution in [0.4, 0.5) is 10.1 Å². The summed E-state index contributed by atoms with van der Waals surface area (Å²) in [5.41, 5.74) is 6.46. The van der Waals surface area contributed by atoms with E-state index >= 15 is 0 Å². The van der Waals surface area contributed by atoms with Gasteiger partial charge in [0.25, 0.3) is 0 Å². The number of aliphatic hydroxyl groups excluding tert-OH is 1. The van der Waals surface area contributed by atoms with Gasteiger partial charge in [-0.15, -0.1) is 0 Å². The summed E-state index contributed by atoms with van der Waals surface area (Å²) in [5.74, 6) is -0.596. The zero-order valence-corrected chi connectivity index (χ0v) is 9.60. The lowest BCUT2D eigenvalue weighted by Crippen LogP contribution is -2.24. The minimum atomic E-state index is -0.453. The maximum absolute atomic E-state index is 13.1. The number of nitrogens with two attached hydrogens (primary N) is 1. The SMILES string of the molecule is CN(CCCO)c1ccc(F)cc1/C(N)=N/O. The van der Waals surface area contributed by atoms with Crippen LogP contribution in [0.15, 0.2) is 23.4 Å². The Morgan fingerprint density at radius 3 is 2.82 bits per heavy atom. The zero-order chi connectivity index (χ0) is 12.8. The van der Waals surface area contributed by atoms with E-state index in [9.17, 15) is 4.39 Å². The normalized spacial score (nSPS) is 11.6. The van der Waals surface area contributed by atoms with Gasteiger partial charge in [0.1, 0.15) is 5.82 Å². The molecule has 0 amide bonds. The van der Waals surface area contributed by atoms with Crippen LogP contribution in [0.3, 0.4) is 0 Å². The summed E-state index contributed by atoms with van der Waals surface area (Å²) in [7, 11) is 1.79. The Bertz CT molecular complexity index is 410. The van der Waals surface area contributed by atoms with E-state index in [0.29, 0.717) is 24.2 Å². The maximum Gasteiger partial charge on any atom is 0.172 e. The number of halogens is 1. The molecule has 4 N–H and O–H groups in total. The van der Waals surface area contributed by atoms with Crippen molar-refractivity contribution in [3.8, 4) is 0 Å². The molecule has 0 fully saturated rings. The molecule has 0 bridgehead atoms. The van der Waals surface area contributed by atoms with E-state index in [0.717, 1.165) is 0 Å². The lowest BCUT2D eigenvalue weighted by molar-refractivity contribution is 0.290. The van der Waals surface area contributed by atoms with Crippen molar-refractivity contribution in [2.45, 2.75) is 6.42 Å². The largest absolute Gasteiger partial charge is 0.409 e. The fourth-order valence-electron chi connectivity index (χ4n) is 1.53. The fourth-order valence-corrected chi connectivity index (χ4v) is 1.53. The molecule has 0 aromatic heterocycles. The molecule has 0 saturated heterocycles. The Labute approximate surface area is 99.0 Å². The molecule has 17 heavy (non-hydrogen) atoms. The second kappa shape index (κ2) is 6.05. The molecule has 0 aliphatic carbocycles. The zero-order valence-electron chi connectivity index (χ0n) is 9.60. The number of amidine groups is 1. The quantitative estimate of drug-likeness (QED) is 0.307. The van der Waals surface area contributed by atoms with Crippen molar-refractivity contribution < 1.29 is 14.7 Å². The van der Waals surface area contributed by atoms with Crippen molar-refractivity contribution in [1.82, 2.24) is 0 Å². The van der Waals surface area contributed by atoms with Crippen molar-refractivity contribution in [1.29, 1.82) is 0 Å². The van der Waals surface area contributed by atoms with Crippen LogP contribution >= 0.6 is 0 Å². The molecule has 0 unspecified atom stereocenters. The molecule has 0 atom stereocenters. The molecule has 1 aromatic carbocycles. The van der Waals surface area contributed by atoms with E-state index in [1.54, 1.807) is 13.1 Å². The summed E-state index contributed by atoms with van der Waals surface area (Å²) in [5, 5.41) is 20.3. The average molecular weight is 241 g/mol. The van der Waals surface area contributed by atoms with Gasteiger partial charge in [0.2, 0.25) is 0 Å². The predicted molar refractivity (Wildman–Crippen MR) is 63.9 cm³/mol. The molecule has 5 nitrogen and oxygen atoms in total. The molecular formula is C11H16FN3O2. The summed E-state index contributed by atoms with van der Waals surface area (Å²) in [6.07, 6.45) is 0.587. The lowest BCUT2D eigenvalue weighted by Gasteiger charge is -2.21. The third kappa shape index (κ3) is 3.32. The second-order valence-electron chi connectivity index (χ2n) is 3.65. The Morgan fingerprint density at radius 1 is 1.53 bits per heavy atom. The average Bonchev–Trinajstić information content (AvgIpc) is 2.34. The predicted octanol–water partition coefficient (Wildman–Crippen LogP) is 0.739. The van der Waals surface area contributed by atoms with Crippen LogP contribution in [-0.2, 0) is 0 Å². The molecule has 0 saturated carbocycles. The van der Waals surface area contributed by atoms with E-state index in [1.807, 2.05) is 4.90 Å². The van der Waals surface area contributed by atoms with E-state index in [-0.39, 0.29) is 12.4 Å². The maximum atomic E-state index is 13.1. The van der Waals surface area contributed by atoms with Crippen LogP contribution in [-0.4, -0.2) is 36.3 Å². The van der Waals surface area contributed by atoms with Gasteiger partial charge in [-0.25, -0.2) is 4.39 Å². The molecule has 1 rings (SSSR count). The number of nitrogens with zero attached hydrogens (tertiary/aromatic N) is 2. The van der Waals surface area contributed by atoms with Gasteiger partial charge >= 0.3 is 0 Å². The van der Waals surface area contributed by atoms with E-state index in [2.05, 4.69) is 5.16 Å². The summed E-state index contributed by atoms with van der Waals surface area (Å²) < 4.78 is 13.1. The minimum absolute atomic E-state index is 0.0738. The molecule has 0 spiro atoms. The van der Waals surface area contributed by atoms with Crippen LogP contribution < -0.4 is 10.6 Å². The van der Waals surface area contributed by atoms with Crippen LogP contribution in [0.25, 0.3) is 0 Å².